The molecule has 3 rings (SSSR count). The van der Waals surface area contributed by atoms with Crippen molar-refractivity contribution in [3.8, 4) is 0 Å². The Hall–Kier alpha value is -2.22. The zero-order valence-electron chi connectivity index (χ0n) is 19.4. The van der Waals surface area contributed by atoms with Crippen LogP contribution in [-0.2, 0) is 21.2 Å². The molecule has 1 fully saturated rings. The van der Waals surface area contributed by atoms with Crippen molar-refractivity contribution in [2.75, 3.05) is 38.0 Å². The topological polar surface area (TPSA) is 69.7 Å². The van der Waals surface area contributed by atoms with Crippen molar-refractivity contribution in [3.05, 3.63) is 59.7 Å². The fourth-order valence-electron chi connectivity index (χ4n) is 4.36. The predicted octanol–water partition coefficient (Wildman–Crippen LogP) is 3.92. The Morgan fingerprint density at radius 1 is 1.06 bits per heavy atom. The van der Waals surface area contributed by atoms with Gasteiger partial charge in [-0.1, -0.05) is 50.2 Å². The second-order valence-corrected chi connectivity index (χ2v) is 10.4. The highest BCUT2D eigenvalue weighted by molar-refractivity contribution is 7.89. The van der Waals surface area contributed by atoms with E-state index in [4.69, 9.17) is 0 Å². The summed E-state index contributed by atoms with van der Waals surface area (Å²) in [7, 11) is -3.58. The molecule has 32 heavy (non-hydrogen) atoms. The summed E-state index contributed by atoms with van der Waals surface area (Å²) in [5.41, 5.74) is 2.57. The molecule has 174 valence electrons. The van der Waals surface area contributed by atoms with Crippen LogP contribution >= 0.6 is 0 Å². The summed E-state index contributed by atoms with van der Waals surface area (Å²) in [6, 6.07) is 15.7. The lowest BCUT2D eigenvalue weighted by Gasteiger charge is -2.31. The van der Waals surface area contributed by atoms with Crippen molar-refractivity contribution < 1.29 is 13.2 Å². The van der Waals surface area contributed by atoms with Crippen LogP contribution in [-0.4, -0.2) is 56.3 Å². The third-order valence-electron chi connectivity index (χ3n) is 6.24. The maximum absolute atomic E-state index is 12.9. The molecule has 0 aliphatic carbocycles. The minimum Gasteiger partial charge on any atom is -0.325 e. The molecule has 1 saturated heterocycles. The van der Waals surface area contributed by atoms with Gasteiger partial charge in [-0.15, -0.1) is 0 Å². The lowest BCUT2D eigenvalue weighted by atomic mass is 9.90. The Morgan fingerprint density at radius 3 is 2.34 bits per heavy atom. The van der Waals surface area contributed by atoms with Crippen LogP contribution in [0.15, 0.2) is 53.4 Å². The van der Waals surface area contributed by atoms with E-state index in [1.165, 1.54) is 9.87 Å². The summed E-state index contributed by atoms with van der Waals surface area (Å²) >= 11 is 0. The highest BCUT2D eigenvalue weighted by Gasteiger charge is 2.25. The van der Waals surface area contributed by atoms with E-state index in [9.17, 15) is 13.2 Å². The van der Waals surface area contributed by atoms with Gasteiger partial charge in [0.15, 0.2) is 0 Å². The van der Waals surface area contributed by atoms with Crippen molar-refractivity contribution >= 4 is 21.6 Å². The molecule has 0 radical (unpaired) electrons. The Bertz CT molecular complexity index is 996. The van der Waals surface area contributed by atoms with Crippen LogP contribution in [0.4, 0.5) is 5.69 Å². The number of likely N-dealkylation sites (tertiary alicyclic amines) is 1. The Kier molecular flexibility index (Phi) is 8.45. The molecule has 0 atom stereocenters. The standard InChI is InChI=1S/C25H35N3O3S/c1-4-28(5-2)32(30,31)24-18-23(12-11-20(24)3)26-25(29)19-27-15-13-22(14-16-27)17-21-9-7-6-8-10-21/h6-12,18,22H,4-5,13-17,19H2,1-3H3,(H,26,29). The van der Waals surface area contributed by atoms with Crippen LogP contribution in [0.1, 0.15) is 37.8 Å². The van der Waals surface area contributed by atoms with E-state index in [1.807, 2.05) is 19.9 Å². The number of aryl methyl sites for hydroxylation is 1. The summed E-state index contributed by atoms with van der Waals surface area (Å²) in [6.45, 7) is 8.38. The van der Waals surface area contributed by atoms with E-state index in [0.717, 1.165) is 32.4 Å². The van der Waals surface area contributed by atoms with Crippen molar-refractivity contribution in [2.24, 2.45) is 5.92 Å². The molecule has 1 heterocycles. The maximum atomic E-state index is 12.9. The van der Waals surface area contributed by atoms with E-state index in [2.05, 4.69) is 34.5 Å². The second-order valence-electron chi connectivity index (χ2n) is 8.53. The SMILES string of the molecule is CCN(CC)S(=O)(=O)c1cc(NC(=O)CN2CCC(Cc3ccccc3)CC2)ccc1C. The normalized spacial score (nSPS) is 15.8. The highest BCUT2D eigenvalue weighted by atomic mass is 32.2. The summed E-state index contributed by atoms with van der Waals surface area (Å²) in [5.74, 6) is 0.545. The van der Waals surface area contributed by atoms with Crippen LogP contribution in [0.2, 0.25) is 0 Å². The van der Waals surface area contributed by atoms with Gasteiger partial charge < -0.3 is 5.32 Å². The molecular weight excluding hydrogens is 422 g/mol. The van der Waals surface area contributed by atoms with Crippen molar-refractivity contribution in [1.82, 2.24) is 9.21 Å². The zero-order chi connectivity index (χ0) is 23.1. The van der Waals surface area contributed by atoms with Gasteiger partial charge in [0, 0.05) is 18.8 Å². The van der Waals surface area contributed by atoms with Crippen LogP contribution in [0.25, 0.3) is 0 Å². The van der Waals surface area contributed by atoms with Gasteiger partial charge >= 0.3 is 0 Å². The monoisotopic (exact) mass is 457 g/mol. The Labute approximate surface area is 192 Å². The largest absolute Gasteiger partial charge is 0.325 e. The number of hydrogen-bond acceptors (Lipinski definition) is 4. The number of benzene rings is 2. The number of piperidine rings is 1. The minimum atomic E-state index is -3.58. The quantitative estimate of drug-likeness (QED) is 0.620. The van der Waals surface area contributed by atoms with Gasteiger partial charge in [-0.05, 0) is 68.5 Å². The number of anilines is 1. The maximum Gasteiger partial charge on any atom is 0.243 e. The molecule has 0 saturated carbocycles. The molecule has 1 N–H and O–H groups in total. The number of carbonyl (C=O) groups excluding carboxylic acids is 1. The van der Waals surface area contributed by atoms with Crippen LogP contribution in [0.5, 0.6) is 0 Å². The van der Waals surface area contributed by atoms with Gasteiger partial charge in [0.05, 0.1) is 11.4 Å². The second kappa shape index (κ2) is 11.1. The molecule has 0 aromatic heterocycles. The zero-order valence-corrected chi connectivity index (χ0v) is 20.2. The summed E-state index contributed by atoms with van der Waals surface area (Å²) in [5, 5.41) is 2.89. The van der Waals surface area contributed by atoms with Crippen LogP contribution in [0, 0.1) is 12.8 Å². The van der Waals surface area contributed by atoms with Gasteiger partial charge in [0.25, 0.3) is 0 Å². The summed E-state index contributed by atoms with van der Waals surface area (Å²) < 4.78 is 27.3. The number of rotatable bonds is 9. The third-order valence-corrected chi connectivity index (χ3v) is 8.43. The van der Waals surface area contributed by atoms with Gasteiger partial charge in [0.2, 0.25) is 15.9 Å². The molecule has 0 unspecified atom stereocenters. The first-order valence-corrected chi connectivity index (χ1v) is 12.9. The van der Waals surface area contributed by atoms with E-state index in [1.54, 1.807) is 25.1 Å². The number of sulfonamides is 1. The lowest BCUT2D eigenvalue weighted by molar-refractivity contribution is -0.117. The van der Waals surface area contributed by atoms with Crippen LogP contribution < -0.4 is 5.32 Å². The molecule has 6 nitrogen and oxygen atoms in total. The van der Waals surface area contributed by atoms with Gasteiger partial charge in [0.1, 0.15) is 0 Å². The number of amides is 1. The van der Waals surface area contributed by atoms with Gasteiger partial charge in [-0.2, -0.15) is 4.31 Å². The molecule has 0 spiro atoms. The van der Waals surface area contributed by atoms with Gasteiger partial charge in [-0.3, -0.25) is 9.69 Å². The number of nitrogens with one attached hydrogen (secondary N) is 1. The first kappa shape index (κ1) is 24.4. The lowest BCUT2D eigenvalue weighted by Crippen LogP contribution is -2.39. The summed E-state index contributed by atoms with van der Waals surface area (Å²) in [6.07, 6.45) is 3.26. The molecule has 1 aliphatic heterocycles. The first-order chi connectivity index (χ1) is 15.3. The fourth-order valence-corrected chi connectivity index (χ4v) is 6.07. The number of hydrogen-bond donors (Lipinski definition) is 1. The highest BCUT2D eigenvalue weighted by Crippen LogP contribution is 2.24. The average Bonchev–Trinajstić information content (AvgIpc) is 2.77. The first-order valence-electron chi connectivity index (χ1n) is 11.5. The van der Waals surface area contributed by atoms with E-state index < -0.39 is 10.0 Å². The summed E-state index contributed by atoms with van der Waals surface area (Å²) in [4.78, 5) is 15.1. The predicted molar refractivity (Wildman–Crippen MR) is 129 cm³/mol. The molecule has 2 aromatic rings. The van der Waals surface area contributed by atoms with E-state index in [0.29, 0.717) is 36.8 Å². The smallest absolute Gasteiger partial charge is 0.243 e. The van der Waals surface area contributed by atoms with E-state index >= 15 is 0 Å². The van der Waals surface area contributed by atoms with Crippen molar-refractivity contribution in [1.29, 1.82) is 0 Å². The van der Waals surface area contributed by atoms with Crippen molar-refractivity contribution in [2.45, 2.75) is 44.9 Å². The number of nitrogens with zero attached hydrogens (tertiary/aromatic N) is 2. The van der Waals surface area contributed by atoms with Gasteiger partial charge in [-0.25, -0.2) is 8.42 Å². The van der Waals surface area contributed by atoms with E-state index in [-0.39, 0.29) is 10.8 Å². The molecule has 7 heteroatoms. The molecule has 2 aromatic carbocycles. The molecule has 1 amide bonds. The molecular formula is C25H35N3O3S. The Balaban J connectivity index is 1.55. The minimum absolute atomic E-state index is 0.110. The van der Waals surface area contributed by atoms with Crippen LogP contribution in [0.3, 0.4) is 0 Å². The fraction of sp³-hybridized carbons (Fsp3) is 0.480. The molecule has 1 aliphatic rings. The Morgan fingerprint density at radius 2 is 1.72 bits per heavy atom. The average molecular weight is 458 g/mol. The third kappa shape index (κ3) is 6.18. The molecule has 0 bridgehead atoms. The van der Waals surface area contributed by atoms with Crippen molar-refractivity contribution in [3.63, 3.8) is 0 Å². The number of carbonyl (C=O) groups is 1.